The van der Waals surface area contributed by atoms with Crippen LogP contribution in [0.25, 0.3) is 0 Å². The van der Waals surface area contributed by atoms with Crippen molar-refractivity contribution in [3.05, 3.63) is 54.1 Å². The van der Waals surface area contributed by atoms with E-state index in [-0.39, 0.29) is 48.1 Å². The van der Waals surface area contributed by atoms with E-state index in [9.17, 15) is 18.3 Å². The molecule has 240 valence electrons. The van der Waals surface area contributed by atoms with Gasteiger partial charge in [0.1, 0.15) is 0 Å². The normalized spacial score (nSPS) is 16.9. The molecule has 0 aromatic heterocycles. The zero-order valence-electron chi connectivity index (χ0n) is 25.9. The highest BCUT2D eigenvalue weighted by atomic mass is 32.2. The Morgan fingerprint density at radius 3 is 2.40 bits per heavy atom. The summed E-state index contributed by atoms with van der Waals surface area (Å²) in [5, 5.41) is 14.6. The van der Waals surface area contributed by atoms with Gasteiger partial charge in [0.15, 0.2) is 11.5 Å². The number of carbonyl (C=O) groups excluding carboxylic acids is 1. The number of aliphatic hydroxyl groups is 1. The largest absolute Gasteiger partial charge is 0.493 e. The van der Waals surface area contributed by atoms with E-state index in [1.165, 1.54) is 30.7 Å². The molecule has 11 nitrogen and oxygen atoms in total. The molecule has 0 unspecified atom stereocenters. The predicted molar refractivity (Wildman–Crippen MR) is 164 cm³/mol. The van der Waals surface area contributed by atoms with Crippen LogP contribution < -0.4 is 14.8 Å². The number of carbonyl (C=O) groups is 1. The number of ether oxygens (including phenoxy) is 4. The predicted octanol–water partition coefficient (Wildman–Crippen LogP) is 2.18. The number of hydrogen-bond donors (Lipinski definition) is 2. The van der Waals surface area contributed by atoms with E-state index in [2.05, 4.69) is 5.32 Å². The molecule has 3 rings (SSSR count). The van der Waals surface area contributed by atoms with Crippen molar-refractivity contribution in [2.24, 2.45) is 5.92 Å². The van der Waals surface area contributed by atoms with Crippen LogP contribution in [0.1, 0.15) is 25.8 Å². The average Bonchev–Trinajstić information content (AvgIpc) is 3.53. The Labute approximate surface area is 256 Å². The number of methoxy groups -OCH3 is 3. The number of amides is 1. The highest BCUT2D eigenvalue weighted by Gasteiger charge is 2.33. The molecule has 1 aliphatic heterocycles. The molecular weight excluding hydrogens is 574 g/mol. The van der Waals surface area contributed by atoms with Crippen molar-refractivity contribution < 1.29 is 37.3 Å². The molecule has 2 aromatic carbocycles. The lowest BCUT2D eigenvalue weighted by molar-refractivity contribution is -0.124. The molecule has 0 radical (unpaired) electrons. The quantitative estimate of drug-likeness (QED) is 0.258. The number of benzene rings is 2. The third-order valence-electron chi connectivity index (χ3n) is 7.41. The highest BCUT2D eigenvalue weighted by molar-refractivity contribution is 7.89. The number of nitrogens with zero attached hydrogens (tertiary/aromatic N) is 2. The number of hydrogen-bond acceptors (Lipinski definition) is 9. The van der Waals surface area contributed by atoms with Crippen molar-refractivity contribution in [3.63, 3.8) is 0 Å². The summed E-state index contributed by atoms with van der Waals surface area (Å²) in [5.41, 5.74) is 0.908. The molecule has 0 aliphatic carbocycles. The van der Waals surface area contributed by atoms with E-state index in [4.69, 9.17) is 18.9 Å². The van der Waals surface area contributed by atoms with Crippen LogP contribution in [0.15, 0.2) is 53.4 Å². The Kier molecular flexibility index (Phi) is 13.7. The van der Waals surface area contributed by atoms with E-state index in [0.29, 0.717) is 38.5 Å². The van der Waals surface area contributed by atoms with Gasteiger partial charge in [0.2, 0.25) is 15.9 Å². The average molecular weight is 622 g/mol. The molecule has 1 aliphatic rings. The van der Waals surface area contributed by atoms with Gasteiger partial charge in [0.25, 0.3) is 0 Å². The zero-order chi connectivity index (χ0) is 31.4. The van der Waals surface area contributed by atoms with Crippen molar-refractivity contribution in [1.29, 1.82) is 0 Å². The van der Waals surface area contributed by atoms with Crippen molar-refractivity contribution in [3.8, 4) is 11.5 Å². The summed E-state index contributed by atoms with van der Waals surface area (Å²) in [6.07, 6.45) is -0.0461. The maximum atomic E-state index is 13.9. The standard InChI is InChI=1S/C31H47N3O8S/c1-23(2)19-34(43(37,38)26-11-12-29(40-4)30(18-26)41-5)20-28(35)27(17-24-9-7-6-8-10-24)32-31(36)21-33(14-16-39-3)25-13-15-42-22-25/h6-12,18,23,25,27-28,35H,13-17,19-22H2,1-5H3,(H,32,36)/t25-,27+,28-/m1/s1. The topological polar surface area (TPSA) is 127 Å². The molecule has 0 bridgehead atoms. The smallest absolute Gasteiger partial charge is 0.243 e. The molecule has 12 heteroatoms. The second kappa shape index (κ2) is 16.9. The van der Waals surface area contributed by atoms with Gasteiger partial charge < -0.3 is 29.4 Å². The fraction of sp³-hybridized carbons (Fsp3) is 0.581. The second-order valence-corrected chi connectivity index (χ2v) is 13.1. The van der Waals surface area contributed by atoms with Crippen molar-refractivity contribution in [2.45, 2.75) is 49.8 Å². The summed E-state index contributed by atoms with van der Waals surface area (Å²) in [5.74, 6) is 0.410. The fourth-order valence-corrected chi connectivity index (χ4v) is 6.78. The van der Waals surface area contributed by atoms with E-state index < -0.39 is 22.2 Å². The van der Waals surface area contributed by atoms with Gasteiger partial charge in [-0.25, -0.2) is 8.42 Å². The molecule has 0 spiro atoms. The monoisotopic (exact) mass is 621 g/mol. The third-order valence-corrected chi connectivity index (χ3v) is 9.24. The van der Waals surface area contributed by atoms with Gasteiger partial charge in [-0.05, 0) is 36.5 Å². The lowest BCUT2D eigenvalue weighted by atomic mass is 10.0. The second-order valence-electron chi connectivity index (χ2n) is 11.1. The van der Waals surface area contributed by atoms with Gasteiger partial charge >= 0.3 is 0 Å². The minimum Gasteiger partial charge on any atom is -0.493 e. The van der Waals surface area contributed by atoms with E-state index in [1.807, 2.05) is 49.1 Å². The van der Waals surface area contributed by atoms with Crippen LogP contribution in [0.2, 0.25) is 0 Å². The Bertz CT molecular complexity index is 1240. The van der Waals surface area contributed by atoms with E-state index in [1.54, 1.807) is 13.2 Å². The van der Waals surface area contributed by atoms with Crippen molar-refractivity contribution in [1.82, 2.24) is 14.5 Å². The van der Waals surface area contributed by atoms with E-state index >= 15 is 0 Å². The van der Waals surface area contributed by atoms with Crippen LogP contribution in [0, 0.1) is 5.92 Å². The fourth-order valence-electron chi connectivity index (χ4n) is 5.14. The first kappa shape index (κ1) is 34.7. The number of nitrogens with one attached hydrogen (secondary N) is 1. The maximum absolute atomic E-state index is 13.9. The number of sulfonamides is 1. The summed E-state index contributed by atoms with van der Waals surface area (Å²) in [6.45, 7) is 6.12. The first-order valence-corrected chi connectivity index (χ1v) is 16.1. The van der Waals surface area contributed by atoms with Crippen LogP contribution in [0.3, 0.4) is 0 Å². The summed E-state index contributed by atoms with van der Waals surface area (Å²) in [4.78, 5) is 15.4. The van der Waals surface area contributed by atoms with Crippen LogP contribution in [0.4, 0.5) is 0 Å². The Hall–Kier alpha value is -2.74. The molecule has 2 aromatic rings. The van der Waals surface area contributed by atoms with Crippen LogP contribution >= 0.6 is 0 Å². The first-order valence-electron chi connectivity index (χ1n) is 14.6. The molecule has 43 heavy (non-hydrogen) atoms. The molecule has 2 N–H and O–H groups in total. The summed E-state index contributed by atoms with van der Waals surface area (Å²) in [6, 6.07) is 13.3. The lowest BCUT2D eigenvalue weighted by Crippen LogP contribution is -2.53. The SMILES string of the molecule is COCCN(CC(=O)N[C@@H](Cc1ccccc1)[C@H](O)CN(CC(C)C)S(=O)(=O)c1ccc(OC)c(OC)c1)[C@@H]1CCOC1. The van der Waals surface area contributed by atoms with Gasteiger partial charge in [-0.15, -0.1) is 0 Å². The van der Waals surface area contributed by atoms with Crippen molar-refractivity contribution in [2.75, 3.05) is 67.3 Å². The van der Waals surface area contributed by atoms with Crippen LogP contribution in [-0.2, 0) is 30.7 Å². The Morgan fingerprint density at radius 1 is 1.07 bits per heavy atom. The van der Waals surface area contributed by atoms with Gasteiger partial charge in [-0.2, -0.15) is 4.31 Å². The van der Waals surface area contributed by atoms with Crippen molar-refractivity contribution >= 4 is 15.9 Å². The Balaban J connectivity index is 1.85. The number of rotatable bonds is 18. The van der Waals surface area contributed by atoms with Crippen LogP contribution in [-0.4, -0.2) is 114 Å². The molecular formula is C31H47N3O8S. The zero-order valence-corrected chi connectivity index (χ0v) is 26.7. The molecule has 1 heterocycles. The van der Waals surface area contributed by atoms with Gasteiger partial charge in [0.05, 0.1) is 51.0 Å². The van der Waals surface area contributed by atoms with Crippen LogP contribution in [0.5, 0.6) is 11.5 Å². The third kappa shape index (κ3) is 10.2. The van der Waals surface area contributed by atoms with Gasteiger partial charge in [-0.3, -0.25) is 9.69 Å². The molecule has 1 fully saturated rings. The molecule has 0 saturated carbocycles. The lowest BCUT2D eigenvalue weighted by Gasteiger charge is -2.32. The Morgan fingerprint density at radius 2 is 1.79 bits per heavy atom. The maximum Gasteiger partial charge on any atom is 0.243 e. The number of aliphatic hydroxyl groups excluding tert-OH is 1. The summed E-state index contributed by atoms with van der Waals surface area (Å²) < 4.78 is 50.4. The van der Waals surface area contributed by atoms with E-state index in [0.717, 1.165) is 12.0 Å². The summed E-state index contributed by atoms with van der Waals surface area (Å²) >= 11 is 0. The summed E-state index contributed by atoms with van der Waals surface area (Å²) in [7, 11) is 0.505. The minimum absolute atomic E-state index is 0.0211. The molecule has 1 amide bonds. The van der Waals surface area contributed by atoms with Gasteiger partial charge in [0, 0.05) is 45.5 Å². The first-order chi connectivity index (χ1) is 20.6. The molecule has 3 atom stereocenters. The minimum atomic E-state index is -4.03. The highest BCUT2D eigenvalue weighted by Crippen LogP contribution is 2.31. The van der Waals surface area contributed by atoms with Gasteiger partial charge in [-0.1, -0.05) is 44.2 Å². The molecule has 1 saturated heterocycles.